The van der Waals surface area contributed by atoms with E-state index in [1.54, 1.807) is 0 Å². The van der Waals surface area contributed by atoms with E-state index >= 15 is 0 Å². The Kier molecular flexibility index (Phi) is 2.49. The Bertz CT molecular complexity index is 830. The molecule has 2 heterocycles. The van der Waals surface area contributed by atoms with Gasteiger partial charge in [0.1, 0.15) is 5.65 Å². The van der Waals surface area contributed by atoms with E-state index in [9.17, 15) is 4.79 Å². The van der Waals surface area contributed by atoms with Crippen LogP contribution in [0.5, 0.6) is 0 Å². The molecule has 0 spiro atoms. The molecule has 0 radical (unpaired) electrons. The molecule has 1 aromatic carbocycles. The number of para-hydroxylation sites is 1. The van der Waals surface area contributed by atoms with Crippen molar-refractivity contribution in [3.63, 3.8) is 0 Å². The van der Waals surface area contributed by atoms with Crippen LogP contribution in [0.15, 0.2) is 41.3 Å². The monoisotopic (exact) mass is 265 g/mol. The van der Waals surface area contributed by atoms with Gasteiger partial charge in [-0.05, 0) is 43.4 Å². The average molecular weight is 265 g/mol. The molecule has 100 valence electrons. The summed E-state index contributed by atoms with van der Waals surface area (Å²) in [5.41, 5.74) is 3.97. The van der Waals surface area contributed by atoms with Gasteiger partial charge in [-0.1, -0.05) is 18.2 Å². The Labute approximate surface area is 116 Å². The number of pyridine rings is 1. The molecular weight excluding hydrogens is 250 g/mol. The molecule has 0 unspecified atom stereocenters. The van der Waals surface area contributed by atoms with Crippen LogP contribution >= 0.6 is 0 Å². The lowest BCUT2D eigenvalue weighted by molar-refractivity contribution is 0.682. The number of H-pyrrole nitrogens is 1. The molecule has 3 aromatic rings. The lowest BCUT2D eigenvalue weighted by Gasteiger charge is -2.15. The van der Waals surface area contributed by atoms with Gasteiger partial charge in [-0.15, -0.1) is 0 Å². The highest BCUT2D eigenvalue weighted by molar-refractivity contribution is 5.81. The molecule has 0 saturated heterocycles. The van der Waals surface area contributed by atoms with Crippen LogP contribution in [0.1, 0.15) is 24.0 Å². The predicted molar refractivity (Wildman–Crippen MR) is 78.3 cm³/mol. The van der Waals surface area contributed by atoms with Crippen LogP contribution in [0, 0.1) is 0 Å². The first-order valence-electron chi connectivity index (χ1n) is 7.02. The molecule has 0 atom stereocenters. The van der Waals surface area contributed by atoms with Gasteiger partial charge in [-0.3, -0.25) is 4.79 Å². The number of nitrogens with one attached hydrogen (secondary N) is 1. The number of fused-ring (bicyclic) bond motifs is 3. The molecular formula is C16H15N3O. The largest absolute Gasteiger partial charge is 0.306 e. The first-order chi connectivity index (χ1) is 9.84. The van der Waals surface area contributed by atoms with E-state index in [2.05, 4.69) is 10.1 Å². The molecule has 1 N–H and O–H groups in total. The van der Waals surface area contributed by atoms with Gasteiger partial charge in [0, 0.05) is 10.9 Å². The van der Waals surface area contributed by atoms with Crippen LogP contribution in [0.2, 0.25) is 0 Å². The number of aryl methyl sites for hydroxylation is 1. The van der Waals surface area contributed by atoms with E-state index in [0.29, 0.717) is 0 Å². The highest BCUT2D eigenvalue weighted by atomic mass is 16.1. The van der Waals surface area contributed by atoms with Crippen LogP contribution in [0.4, 0.5) is 0 Å². The minimum Gasteiger partial charge on any atom is -0.306 e. The fourth-order valence-electron chi connectivity index (χ4n) is 3.09. The third-order valence-corrected chi connectivity index (χ3v) is 4.07. The lowest BCUT2D eigenvalue weighted by atomic mass is 9.91. The number of benzene rings is 1. The summed E-state index contributed by atoms with van der Waals surface area (Å²) in [6.07, 6.45) is 6.01. The van der Waals surface area contributed by atoms with Crippen molar-refractivity contribution in [3.05, 3.63) is 58.0 Å². The van der Waals surface area contributed by atoms with Gasteiger partial charge in [0.25, 0.3) is 5.56 Å². The number of nitrogens with zero attached hydrogens (tertiary/aromatic N) is 2. The van der Waals surface area contributed by atoms with Crippen LogP contribution < -0.4 is 5.56 Å². The zero-order chi connectivity index (χ0) is 13.5. The zero-order valence-electron chi connectivity index (χ0n) is 11.1. The maximum atomic E-state index is 12.3. The van der Waals surface area contributed by atoms with Crippen LogP contribution in [0.25, 0.3) is 16.7 Å². The number of hydrogen-bond acceptors (Lipinski definition) is 2. The lowest BCUT2D eigenvalue weighted by Crippen LogP contribution is -2.19. The second kappa shape index (κ2) is 4.34. The summed E-state index contributed by atoms with van der Waals surface area (Å²) in [6, 6.07) is 9.90. The van der Waals surface area contributed by atoms with Gasteiger partial charge in [-0.2, -0.15) is 5.10 Å². The van der Waals surface area contributed by atoms with Crippen molar-refractivity contribution in [1.29, 1.82) is 0 Å². The average Bonchev–Trinajstić information content (AvgIpc) is 2.92. The van der Waals surface area contributed by atoms with E-state index in [1.807, 2.05) is 41.2 Å². The van der Waals surface area contributed by atoms with Gasteiger partial charge in [0.2, 0.25) is 0 Å². The fourth-order valence-corrected chi connectivity index (χ4v) is 3.09. The van der Waals surface area contributed by atoms with Gasteiger partial charge in [0.05, 0.1) is 11.9 Å². The Morgan fingerprint density at radius 2 is 1.80 bits per heavy atom. The van der Waals surface area contributed by atoms with Crippen molar-refractivity contribution in [2.24, 2.45) is 0 Å². The van der Waals surface area contributed by atoms with Gasteiger partial charge in [0.15, 0.2) is 0 Å². The molecule has 20 heavy (non-hydrogen) atoms. The Morgan fingerprint density at radius 1 is 1.05 bits per heavy atom. The Morgan fingerprint density at radius 3 is 2.60 bits per heavy atom. The number of aromatic nitrogens is 3. The number of hydrogen-bond donors (Lipinski definition) is 1. The first-order valence-corrected chi connectivity index (χ1v) is 7.02. The molecule has 2 aromatic heterocycles. The van der Waals surface area contributed by atoms with E-state index in [4.69, 9.17) is 0 Å². The second-order valence-electron chi connectivity index (χ2n) is 5.27. The molecule has 0 saturated carbocycles. The van der Waals surface area contributed by atoms with Gasteiger partial charge >= 0.3 is 0 Å². The second-order valence-corrected chi connectivity index (χ2v) is 5.27. The fraction of sp³-hybridized carbons (Fsp3) is 0.250. The van der Waals surface area contributed by atoms with E-state index < -0.39 is 0 Å². The van der Waals surface area contributed by atoms with Crippen molar-refractivity contribution in [1.82, 2.24) is 14.8 Å². The third-order valence-electron chi connectivity index (χ3n) is 4.07. The van der Waals surface area contributed by atoms with E-state index in [-0.39, 0.29) is 5.56 Å². The summed E-state index contributed by atoms with van der Waals surface area (Å²) < 4.78 is 1.81. The summed E-state index contributed by atoms with van der Waals surface area (Å²) in [5.74, 6) is 0. The van der Waals surface area contributed by atoms with Crippen molar-refractivity contribution >= 4 is 11.0 Å². The molecule has 4 nitrogen and oxygen atoms in total. The molecule has 1 aliphatic carbocycles. The normalized spacial score (nSPS) is 14.4. The number of rotatable bonds is 1. The number of aromatic amines is 1. The molecule has 0 amide bonds. The molecule has 0 aliphatic heterocycles. The molecule has 1 aliphatic rings. The summed E-state index contributed by atoms with van der Waals surface area (Å²) in [7, 11) is 0. The minimum absolute atomic E-state index is 0.0462. The summed E-state index contributed by atoms with van der Waals surface area (Å²) in [5, 5.41) is 5.55. The summed E-state index contributed by atoms with van der Waals surface area (Å²) in [4.78, 5) is 15.3. The smallest absolute Gasteiger partial charge is 0.253 e. The van der Waals surface area contributed by atoms with Crippen molar-refractivity contribution in [2.75, 3.05) is 0 Å². The quantitative estimate of drug-likeness (QED) is 0.735. The molecule has 0 fully saturated rings. The van der Waals surface area contributed by atoms with E-state index in [1.165, 1.54) is 5.56 Å². The first kappa shape index (κ1) is 11.5. The van der Waals surface area contributed by atoms with Crippen LogP contribution in [0.3, 0.4) is 0 Å². The highest BCUT2D eigenvalue weighted by Crippen LogP contribution is 2.26. The van der Waals surface area contributed by atoms with Crippen LogP contribution in [-0.4, -0.2) is 14.8 Å². The van der Waals surface area contributed by atoms with Crippen molar-refractivity contribution in [3.8, 4) is 5.69 Å². The highest BCUT2D eigenvalue weighted by Gasteiger charge is 2.18. The molecule has 4 heteroatoms. The van der Waals surface area contributed by atoms with Crippen LogP contribution in [-0.2, 0) is 12.8 Å². The molecule has 0 bridgehead atoms. The van der Waals surface area contributed by atoms with Crippen molar-refractivity contribution in [2.45, 2.75) is 25.7 Å². The third kappa shape index (κ3) is 1.61. The van der Waals surface area contributed by atoms with Crippen molar-refractivity contribution < 1.29 is 0 Å². The summed E-state index contributed by atoms with van der Waals surface area (Å²) >= 11 is 0. The topological polar surface area (TPSA) is 50.7 Å². The predicted octanol–water partition coefficient (Wildman–Crippen LogP) is 2.59. The zero-order valence-corrected chi connectivity index (χ0v) is 11.1. The Hall–Kier alpha value is -2.36. The summed E-state index contributed by atoms with van der Waals surface area (Å²) in [6.45, 7) is 0. The van der Waals surface area contributed by atoms with Gasteiger partial charge < -0.3 is 4.98 Å². The van der Waals surface area contributed by atoms with E-state index in [0.717, 1.165) is 48.0 Å². The maximum absolute atomic E-state index is 12.3. The Balaban J connectivity index is 2.03. The minimum atomic E-state index is 0.0462. The maximum Gasteiger partial charge on any atom is 0.253 e. The molecule has 4 rings (SSSR count). The SMILES string of the molecule is O=c1[nH]c2c(cnn2-c2ccccc2)c2c1CCCC2. The standard InChI is InChI=1S/C16H15N3O/c20-16-13-9-5-4-8-12(13)14-10-17-19(15(14)18-16)11-6-2-1-3-7-11/h1-3,6-7,10H,4-5,8-9H2,(H,18,20). The van der Waals surface area contributed by atoms with Gasteiger partial charge in [-0.25, -0.2) is 4.68 Å².